The van der Waals surface area contributed by atoms with Gasteiger partial charge in [-0.25, -0.2) is 0 Å². The third-order valence-electron chi connectivity index (χ3n) is 4.26. The molecule has 120 valence electrons. The van der Waals surface area contributed by atoms with Crippen molar-refractivity contribution in [1.82, 2.24) is 0 Å². The van der Waals surface area contributed by atoms with E-state index in [2.05, 4.69) is 0 Å². The highest BCUT2D eigenvalue weighted by molar-refractivity contribution is 5.28. The first kappa shape index (κ1) is 18.0. The smallest absolute Gasteiger partial charge is 0.118 e. The highest BCUT2D eigenvalue weighted by Gasteiger charge is 2.34. The van der Waals surface area contributed by atoms with E-state index in [1.807, 2.05) is 45.0 Å². The van der Waals surface area contributed by atoms with Crippen LogP contribution in [0, 0.1) is 5.92 Å². The molecule has 0 fully saturated rings. The topological polar surface area (TPSA) is 64.7 Å². The number of hydrogen-bond donors (Lipinski definition) is 2. The summed E-state index contributed by atoms with van der Waals surface area (Å²) in [7, 11) is 1.64. The zero-order valence-electron chi connectivity index (χ0n) is 13.6. The summed E-state index contributed by atoms with van der Waals surface area (Å²) in [5.74, 6) is 0.904. The zero-order valence-corrected chi connectivity index (χ0v) is 13.6. The summed E-state index contributed by atoms with van der Waals surface area (Å²) in [5.41, 5.74) is 6.42. The lowest BCUT2D eigenvalue weighted by Gasteiger charge is -2.36. The summed E-state index contributed by atoms with van der Waals surface area (Å²) in [5, 5.41) is 10.7. The normalized spacial score (nSPS) is 17.0. The molecular weight excluding hydrogens is 266 g/mol. The van der Waals surface area contributed by atoms with E-state index in [0.29, 0.717) is 19.6 Å². The molecule has 1 aromatic rings. The standard InChI is InChI=1S/C17H29NO3/c1-5-21-11-10-13(2)17(3,19)16(18)12-14-6-8-15(20-4)9-7-14/h6-9,13,16,19H,5,10-12,18H2,1-4H3. The number of aliphatic hydroxyl groups is 1. The van der Waals surface area contributed by atoms with Crippen molar-refractivity contribution in [3.8, 4) is 5.75 Å². The Kier molecular flexibility index (Phi) is 7.15. The van der Waals surface area contributed by atoms with Crippen LogP contribution in [0.2, 0.25) is 0 Å². The summed E-state index contributed by atoms with van der Waals surface area (Å²) in [4.78, 5) is 0. The maximum atomic E-state index is 10.7. The fraction of sp³-hybridized carbons (Fsp3) is 0.647. The number of hydrogen-bond acceptors (Lipinski definition) is 4. The molecule has 1 aromatic carbocycles. The molecule has 0 aliphatic heterocycles. The van der Waals surface area contributed by atoms with Crippen LogP contribution in [0.15, 0.2) is 24.3 Å². The molecule has 4 nitrogen and oxygen atoms in total. The zero-order chi connectivity index (χ0) is 15.9. The van der Waals surface area contributed by atoms with E-state index in [1.165, 1.54) is 0 Å². The molecule has 0 aromatic heterocycles. The molecule has 0 saturated carbocycles. The van der Waals surface area contributed by atoms with Gasteiger partial charge >= 0.3 is 0 Å². The van der Waals surface area contributed by atoms with Gasteiger partial charge in [0.2, 0.25) is 0 Å². The van der Waals surface area contributed by atoms with E-state index < -0.39 is 5.60 Å². The molecule has 21 heavy (non-hydrogen) atoms. The fourth-order valence-electron chi connectivity index (χ4n) is 2.28. The number of nitrogens with two attached hydrogens (primary N) is 1. The second-order valence-corrected chi connectivity index (χ2v) is 5.77. The van der Waals surface area contributed by atoms with Gasteiger partial charge in [-0.3, -0.25) is 0 Å². The van der Waals surface area contributed by atoms with Gasteiger partial charge in [-0.1, -0.05) is 19.1 Å². The van der Waals surface area contributed by atoms with Gasteiger partial charge in [-0.15, -0.1) is 0 Å². The van der Waals surface area contributed by atoms with Crippen LogP contribution in [0.3, 0.4) is 0 Å². The van der Waals surface area contributed by atoms with Crippen molar-refractivity contribution >= 4 is 0 Å². The van der Waals surface area contributed by atoms with Gasteiger partial charge in [0.1, 0.15) is 5.75 Å². The third-order valence-corrected chi connectivity index (χ3v) is 4.26. The van der Waals surface area contributed by atoms with Crippen LogP contribution in [0.1, 0.15) is 32.8 Å². The molecule has 3 atom stereocenters. The van der Waals surface area contributed by atoms with Crippen molar-refractivity contribution < 1.29 is 14.6 Å². The minimum absolute atomic E-state index is 0.0808. The van der Waals surface area contributed by atoms with Gasteiger partial charge in [-0.2, -0.15) is 0 Å². The van der Waals surface area contributed by atoms with Crippen molar-refractivity contribution in [3.63, 3.8) is 0 Å². The molecule has 0 bridgehead atoms. The second-order valence-electron chi connectivity index (χ2n) is 5.77. The van der Waals surface area contributed by atoms with Gasteiger partial charge in [0.05, 0.1) is 12.7 Å². The first-order chi connectivity index (χ1) is 9.91. The predicted molar refractivity (Wildman–Crippen MR) is 85.6 cm³/mol. The monoisotopic (exact) mass is 295 g/mol. The van der Waals surface area contributed by atoms with E-state index in [-0.39, 0.29) is 12.0 Å². The Morgan fingerprint density at radius 2 is 1.90 bits per heavy atom. The van der Waals surface area contributed by atoms with Crippen molar-refractivity contribution in [2.24, 2.45) is 11.7 Å². The van der Waals surface area contributed by atoms with Crippen LogP contribution in [0.25, 0.3) is 0 Å². The number of ether oxygens (including phenoxy) is 2. The minimum atomic E-state index is -0.920. The van der Waals surface area contributed by atoms with Crippen LogP contribution in [-0.4, -0.2) is 37.1 Å². The minimum Gasteiger partial charge on any atom is -0.497 e. The fourth-order valence-corrected chi connectivity index (χ4v) is 2.28. The summed E-state index contributed by atoms with van der Waals surface area (Å²) >= 11 is 0. The Morgan fingerprint density at radius 1 is 1.29 bits per heavy atom. The number of rotatable bonds is 9. The van der Waals surface area contributed by atoms with E-state index in [1.54, 1.807) is 7.11 Å². The summed E-state index contributed by atoms with van der Waals surface area (Å²) in [6, 6.07) is 7.48. The van der Waals surface area contributed by atoms with E-state index in [9.17, 15) is 5.11 Å². The Labute approximate surface area is 128 Å². The number of benzene rings is 1. The molecule has 1 rings (SSSR count). The largest absolute Gasteiger partial charge is 0.497 e. The Bertz CT molecular complexity index is 403. The summed E-state index contributed by atoms with van der Waals surface area (Å²) < 4.78 is 10.5. The lowest BCUT2D eigenvalue weighted by atomic mass is 9.80. The Morgan fingerprint density at radius 3 is 2.43 bits per heavy atom. The summed E-state index contributed by atoms with van der Waals surface area (Å²) in [6.07, 6.45) is 1.44. The maximum Gasteiger partial charge on any atom is 0.118 e. The van der Waals surface area contributed by atoms with E-state index >= 15 is 0 Å². The molecule has 0 radical (unpaired) electrons. The van der Waals surface area contributed by atoms with Crippen LogP contribution >= 0.6 is 0 Å². The van der Waals surface area contributed by atoms with Gasteiger partial charge in [0, 0.05) is 19.3 Å². The van der Waals surface area contributed by atoms with Crippen molar-refractivity contribution in [3.05, 3.63) is 29.8 Å². The van der Waals surface area contributed by atoms with Gasteiger partial charge in [0.25, 0.3) is 0 Å². The maximum absolute atomic E-state index is 10.7. The molecule has 0 heterocycles. The molecule has 0 aliphatic carbocycles. The first-order valence-electron chi connectivity index (χ1n) is 7.60. The van der Waals surface area contributed by atoms with E-state index in [4.69, 9.17) is 15.2 Å². The van der Waals surface area contributed by atoms with Gasteiger partial charge < -0.3 is 20.3 Å². The Balaban J connectivity index is 2.59. The highest BCUT2D eigenvalue weighted by atomic mass is 16.5. The third kappa shape index (κ3) is 5.30. The molecule has 0 amide bonds. The predicted octanol–water partition coefficient (Wildman–Crippen LogP) is 2.38. The lowest BCUT2D eigenvalue weighted by Crippen LogP contribution is -2.51. The van der Waals surface area contributed by atoms with Gasteiger partial charge in [-0.05, 0) is 50.3 Å². The van der Waals surface area contributed by atoms with Crippen LogP contribution in [-0.2, 0) is 11.2 Å². The second kappa shape index (κ2) is 8.37. The highest BCUT2D eigenvalue weighted by Crippen LogP contribution is 2.25. The van der Waals surface area contributed by atoms with Crippen LogP contribution in [0.4, 0.5) is 0 Å². The molecule has 0 saturated heterocycles. The quantitative estimate of drug-likeness (QED) is 0.687. The molecule has 3 N–H and O–H groups in total. The summed E-state index contributed by atoms with van der Waals surface area (Å²) in [6.45, 7) is 7.17. The Hall–Kier alpha value is -1.10. The average Bonchev–Trinajstić information content (AvgIpc) is 2.48. The number of methoxy groups -OCH3 is 1. The molecule has 0 aliphatic rings. The lowest BCUT2D eigenvalue weighted by molar-refractivity contribution is -0.0295. The van der Waals surface area contributed by atoms with Gasteiger partial charge in [0.15, 0.2) is 0 Å². The molecule has 3 unspecified atom stereocenters. The van der Waals surface area contributed by atoms with Crippen molar-refractivity contribution in [1.29, 1.82) is 0 Å². The van der Waals surface area contributed by atoms with Crippen molar-refractivity contribution in [2.45, 2.75) is 45.3 Å². The SMILES string of the molecule is CCOCCC(C)C(C)(O)C(N)Cc1ccc(OC)cc1. The van der Waals surface area contributed by atoms with Crippen molar-refractivity contribution in [2.75, 3.05) is 20.3 Å². The van der Waals surface area contributed by atoms with Crippen LogP contribution in [0.5, 0.6) is 5.75 Å². The van der Waals surface area contributed by atoms with Crippen LogP contribution < -0.4 is 10.5 Å². The molecule has 4 heteroatoms. The first-order valence-corrected chi connectivity index (χ1v) is 7.60. The van der Waals surface area contributed by atoms with E-state index in [0.717, 1.165) is 17.7 Å². The molecular formula is C17H29NO3. The average molecular weight is 295 g/mol. The molecule has 0 spiro atoms.